The maximum absolute atomic E-state index is 12.7. The quantitative estimate of drug-likeness (QED) is 0.756. The highest BCUT2D eigenvalue weighted by atomic mass is 16.2. The van der Waals surface area contributed by atoms with E-state index in [1.54, 1.807) is 17.2 Å². The Kier molecular flexibility index (Phi) is 4.12. The number of amides is 2. The Labute approximate surface area is 150 Å². The number of fused-ring (bicyclic) bond motifs is 1. The predicted octanol–water partition coefficient (Wildman–Crippen LogP) is 1.98. The van der Waals surface area contributed by atoms with Crippen LogP contribution in [-0.4, -0.2) is 50.8 Å². The van der Waals surface area contributed by atoms with Crippen molar-refractivity contribution in [3.8, 4) is 11.4 Å². The summed E-state index contributed by atoms with van der Waals surface area (Å²) < 4.78 is 0. The molecular weight excluding hydrogens is 330 g/mol. The molecule has 0 saturated carbocycles. The van der Waals surface area contributed by atoms with Gasteiger partial charge in [0.2, 0.25) is 5.91 Å². The maximum atomic E-state index is 12.7. The molecule has 7 nitrogen and oxygen atoms in total. The largest absolute Gasteiger partial charge is 0.352 e. The van der Waals surface area contributed by atoms with Crippen LogP contribution in [0.25, 0.3) is 22.4 Å². The van der Waals surface area contributed by atoms with Crippen LogP contribution in [0.4, 0.5) is 0 Å². The van der Waals surface area contributed by atoms with E-state index in [0.717, 1.165) is 17.4 Å². The smallest absolute Gasteiger partial charge is 0.270 e. The minimum absolute atomic E-state index is 0.0188. The van der Waals surface area contributed by atoms with Crippen molar-refractivity contribution in [3.05, 3.63) is 48.3 Å². The lowest BCUT2D eigenvalue weighted by molar-refractivity contribution is -0.119. The van der Waals surface area contributed by atoms with Gasteiger partial charge in [0, 0.05) is 43.2 Å². The molecule has 1 aliphatic heterocycles. The molecule has 7 heteroatoms. The van der Waals surface area contributed by atoms with Crippen LogP contribution in [0.3, 0.4) is 0 Å². The molecule has 2 N–H and O–H groups in total. The van der Waals surface area contributed by atoms with E-state index in [1.165, 1.54) is 6.92 Å². The lowest BCUT2D eigenvalue weighted by Crippen LogP contribution is -2.37. The Bertz CT molecular complexity index is 966. The fourth-order valence-corrected chi connectivity index (χ4v) is 3.28. The molecule has 26 heavy (non-hydrogen) atoms. The highest BCUT2D eigenvalue weighted by molar-refractivity contribution is 5.97. The third kappa shape index (κ3) is 3.15. The van der Waals surface area contributed by atoms with Gasteiger partial charge in [-0.25, -0.2) is 9.97 Å². The highest BCUT2D eigenvalue weighted by Gasteiger charge is 2.28. The van der Waals surface area contributed by atoms with E-state index in [4.69, 9.17) is 0 Å². The average Bonchev–Trinajstić information content (AvgIpc) is 3.27. The minimum Gasteiger partial charge on any atom is -0.352 e. The van der Waals surface area contributed by atoms with E-state index in [1.807, 2.05) is 30.3 Å². The molecule has 3 heterocycles. The number of rotatable bonds is 3. The second kappa shape index (κ2) is 6.59. The Hall–Kier alpha value is -3.22. The van der Waals surface area contributed by atoms with Gasteiger partial charge in [0.1, 0.15) is 11.3 Å². The zero-order chi connectivity index (χ0) is 18.1. The van der Waals surface area contributed by atoms with E-state index >= 15 is 0 Å². The molecule has 0 aliphatic carbocycles. The van der Waals surface area contributed by atoms with Crippen molar-refractivity contribution in [3.63, 3.8) is 0 Å². The summed E-state index contributed by atoms with van der Waals surface area (Å²) in [5.74, 6) is 0.460. The van der Waals surface area contributed by atoms with Gasteiger partial charge < -0.3 is 15.2 Å². The number of benzene rings is 1. The van der Waals surface area contributed by atoms with Gasteiger partial charge in [-0.15, -0.1) is 0 Å². The van der Waals surface area contributed by atoms with Crippen LogP contribution in [0.2, 0.25) is 0 Å². The van der Waals surface area contributed by atoms with Crippen molar-refractivity contribution in [2.75, 3.05) is 13.1 Å². The summed E-state index contributed by atoms with van der Waals surface area (Å²) in [6, 6.07) is 11.5. The molecule has 0 radical (unpaired) electrons. The van der Waals surface area contributed by atoms with E-state index in [0.29, 0.717) is 30.3 Å². The van der Waals surface area contributed by atoms with Gasteiger partial charge in [0.15, 0.2) is 5.82 Å². The summed E-state index contributed by atoms with van der Waals surface area (Å²) in [5, 5.41) is 3.66. The molecule has 2 amide bonds. The van der Waals surface area contributed by atoms with Crippen LogP contribution in [0.15, 0.2) is 42.6 Å². The van der Waals surface area contributed by atoms with Crippen molar-refractivity contribution >= 4 is 22.8 Å². The molecule has 1 aromatic carbocycles. The molecule has 1 atom stereocenters. The van der Waals surface area contributed by atoms with Crippen molar-refractivity contribution in [1.82, 2.24) is 25.2 Å². The Morgan fingerprint density at radius 1 is 1.27 bits per heavy atom. The number of carbonyl (C=O) groups is 2. The van der Waals surface area contributed by atoms with Gasteiger partial charge >= 0.3 is 0 Å². The third-order valence-corrected chi connectivity index (χ3v) is 4.52. The van der Waals surface area contributed by atoms with Crippen LogP contribution in [0.5, 0.6) is 0 Å². The molecule has 132 valence electrons. The first-order chi connectivity index (χ1) is 12.6. The van der Waals surface area contributed by atoms with Gasteiger partial charge in [-0.3, -0.25) is 9.59 Å². The topological polar surface area (TPSA) is 91.0 Å². The zero-order valence-electron chi connectivity index (χ0n) is 14.4. The lowest BCUT2D eigenvalue weighted by atomic mass is 10.2. The molecule has 1 fully saturated rings. The summed E-state index contributed by atoms with van der Waals surface area (Å²) >= 11 is 0. The number of nitrogens with zero attached hydrogens (tertiary/aromatic N) is 3. The van der Waals surface area contributed by atoms with Crippen LogP contribution in [0.1, 0.15) is 23.8 Å². The Morgan fingerprint density at radius 3 is 2.85 bits per heavy atom. The van der Waals surface area contributed by atoms with Gasteiger partial charge in [0.05, 0.1) is 0 Å². The van der Waals surface area contributed by atoms with Crippen molar-refractivity contribution in [2.24, 2.45) is 0 Å². The van der Waals surface area contributed by atoms with Crippen LogP contribution >= 0.6 is 0 Å². The van der Waals surface area contributed by atoms with Crippen molar-refractivity contribution < 1.29 is 9.59 Å². The van der Waals surface area contributed by atoms with E-state index < -0.39 is 0 Å². The van der Waals surface area contributed by atoms with Crippen LogP contribution in [-0.2, 0) is 4.79 Å². The molecule has 3 aromatic rings. The first-order valence-electron chi connectivity index (χ1n) is 8.58. The number of aromatic amines is 1. The Morgan fingerprint density at radius 2 is 2.08 bits per heavy atom. The number of likely N-dealkylation sites (tertiary alicyclic amines) is 1. The fourth-order valence-electron chi connectivity index (χ4n) is 3.28. The number of aromatic nitrogens is 3. The normalized spacial score (nSPS) is 16.8. The summed E-state index contributed by atoms with van der Waals surface area (Å²) in [6.07, 6.45) is 2.49. The number of carbonyl (C=O) groups excluding carboxylic acids is 2. The third-order valence-electron chi connectivity index (χ3n) is 4.52. The van der Waals surface area contributed by atoms with Gasteiger partial charge in [0.25, 0.3) is 5.91 Å². The first kappa shape index (κ1) is 16.3. The van der Waals surface area contributed by atoms with Gasteiger partial charge in [-0.1, -0.05) is 30.3 Å². The van der Waals surface area contributed by atoms with Crippen LogP contribution in [0, 0.1) is 0 Å². The fraction of sp³-hybridized carbons (Fsp3) is 0.263. The molecular formula is C19H19N5O2. The highest BCUT2D eigenvalue weighted by Crippen LogP contribution is 2.20. The second-order valence-corrected chi connectivity index (χ2v) is 6.48. The molecule has 4 rings (SSSR count). The first-order valence-corrected chi connectivity index (χ1v) is 8.58. The molecule has 2 aromatic heterocycles. The summed E-state index contributed by atoms with van der Waals surface area (Å²) in [7, 11) is 0. The van der Waals surface area contributed by atoms with Crippen molar-refractivity contribution in [1.29, 1.82) is 0 Å². The SMILES string of the molecule is CC(=O)NC1CCN(C(=O)c2cc3cnc(-c4ccccc4)nc3[nH]2)C1. The zero-order valence-corrected chi connectivity index (χ0v) is 14.4. The number of nitrogens with one attached hydrogen (secondary N) is 2. The monoisotopic (exact) mass is 349 g/mol. The van der Waals surface area contributed by atoms with E-state index in [9.17, 15) is 9.59 Å². The molecule has 1 aliphatic rings. The summed E-state index contributed by atoms with van der Waals surface area (Å²) in [6.45, 7) is 2.64. The average molecular weight is 349 g/mol. The van der Waals surface area contributed by atoms with Crippen molar-refractivity contribution in [2.45, 2.75) is 19.4 Å². The maximum Gasteiger partial charge on any atom is 0.270 e. The number of hydrogen-bond acceptors (Lipinski definition) is 4. The summed E-state index contributed by atoms with van der Waals surface area (Å²) in [4.78, 5) is 37.7. The number of hydrogen-bond donors (Lipinski definition) is 2. The molecule has 1 saturated heterocycles. The van der Waals surface area contributed by atoms with Gasteiger partial charge in [-0.05, 0) is 12.5 Å². The van der Waals surface area contributed by atoms with Gasteiger partial charge in [-0.2, -0.15) is 0 Å². The molecule has 0 bridgehead atoms. The van der Waals surface area contributed by atoms with E-state index in [2.05, 4.69) is 20.3 Å². The van der Waals surface area contributed by atoms with Crippen LogP contribution < -0.4 is 5.32 Å². The second-order valence-electron chi connectivity index (χ2n) is 6.48. The molecule has 0 spiro atoms. The lowest BCUT2D eigenvalue weighted by Gasteiger charge is -2.15. The predicted molar refractivity (Wildman–Crippen MR) is 97.4 cm³/mol. The standard InChI is InChI=1S/C19H19N5O2/c1-12(25)21-15-7-8-24(11-15)19(26)16-9-14-10-20-17(23-18(14)22-16)13-5-3-2-4-6-13/h2-6,9-10,15H,7-8,11H2,1H3,(H,21,25)(H,20,22,23). The molecule has 1 unspecified atom stereocenters. The van der Waals surface area contributed by atoms with E-state index in [-0.39, 0.29) is 17.9 Å². The Balaban J connectivity index is 1.56. The minimum atomic E-state index is -0.0860. The summed E-state index contributed by atoms with van der Waals surface area (Å²) in [5.41, 5.74) is 2.05. The number of H-pyrrole nitrogens is 1.